The second-order valence-corrected chi connectivity index (χ2v) is 8.61. The van der Waals surface area contributed by atoms with Crippen molar-refractivity contribution in [1.82, 2.24) is 0 Å². The molecular formula is C24H34O2. The fourth-order valence-corrected chi connectivity index (χ4v) is 5.22. The van der Waals surface area contributed by atoms with E-state index >= 15 is 0 Å². The monoisotopic (exact) mass is 354 g/mol. The van der Waals surface area contributed by atoms with Crippen molar-refractivity contribution in [2.75, 3.05) is 0 Å². The van der Waals surface area contributed by atoms with Crippen molar-refractivity contribution in [3.8, 4) is 0 Å². The van der Waals surface area contributed by atoms with Gasteiger partial charge in [-0.3, -0.25) is 0 Å². The van der Waals surface area contributed by atoms with Crippen LogP contribution in [0.1, 0.15) is 100 Å². The fourth-order valence-electron chi connectivity index (χ4n) is 5.22. The van der Waals surface area contributed by atoms with E-state index in [1.54, 1.807) is 0 Å². The lowest BCUT2D eigenvalue weighted by molar-refractivity contribution is 0.104. The molecule has 2 saturated carbocycles. The predicted octanol–water partition coefficient (Wildman–Crippen LogP) is 6.93. The SMILES string of the molecule is C=C(C)C=Cc1cc(C2CCCCC23CCCCCCC3)c(=O)oc1C. The van der Waals surface area contributed by atoms with Crippen molar-refractivity contribution in [3.05, 3.63) is 51.6 Å². The molecule has 1 aromatic heterocycles. The van der Waals surface area contributed by atoms with Gasteiger partial charge in [0.15, 0.2) is 0 Å². The first-order chi connectivity index (χ1) is 12.5. The van der Waals surface area contributed by atoms with Crippen molar-refractivity contribution in [2.24, 2.45) is 5.41 Å². The minimum Gasteiger partial charge on any atom is -0.427 e. The zero-order valence-electron chi connectivity index (χ0n) is 16.6. The summed E-state index contributed by atoms with van der Waals surface area (Å²) in [5, 5.41) is 0. The van der Waals surface area contributed by atoms with Crippen LogP contribution in [0.5, 0.6) is 0 Å². The summed E-state index contributed by atoms with van der Waals surface area (Å²) >= 11 is 0. The van der Waals surface area contributed by atoms with Crippen molar-refractivity contribution < 1.29 is 4.42 Å². The molecule has 0 bridgehead atoms. The Kier molecular flexibility index (Phi) is 6.21. The molecule has 2 aliphatic rings. The van der Waals surface area contributed by atoms with Gasteiger partial charge in [0.2, 0.25) is 0 Å². The highest BCUT2D eigenvalue weighted by Gasteiger charge is 2.42. The molecule has 1 atom stereocenters. The van der Waals surface area contributed by atoms with Gasteiger partial charge in [-0.15, -0.1) is 0 Å². The Labute approximate surface area is 158 Å². The highest BCUT2D eigenvalue weighted by Crippen LogP contribution is 2.53. The van der Waals surface area contributed by atoms with E-state index in [0.717, 1.165) is 23.1 Å². The van der Waals surface area contributed by atoms with Gasteiger partial charge in [0.05, 0.1) is 0 Å². The van der Waals surface area contributed by atoms with Crippen LogP contribution in [0.4, 0.5) is 0 Å². The molecule has 26 heavy (non-hydrogen) atoms. The summed E-state index contributed by atoms with van der Waals surface area (Å²) in [6.07, 6.45) is 18.3. The molecule has 2 nitrogen and oxygen atoms in total. The Morgan fingerprint density at radius 3 is 2.38 bits per heavy atom. The molecule has 3 rings (SSSR count). The molecular weight excluding hydrogens is 320 g/mol. The molecule has 1 aromatic rings. The third kappa shape index (κ3) is 4.22. The molecule has 1 unspecified atom stereocenters. The number of hydrogen-bond donors (Lipinski definition) is 0. The molecule has 0 amide bonds. The van der Waals surface area contributed by atoms with Gasteiger partial charge in [-0.25, -0.2) is 4.79 Å². The molecule has 0 aromatic carbocycles. The third-order valence-electron chi connectivity index (χ3n) is 6.63. The van der Waals surface area contributed by atoms with Crippen LogP contribution in [0.15, 0.2) is 33.5 Å². The Hall–Kier alpha value is -1.57. The first-order valence-electron chi connectivity index (χ1n) is 10.5. The topological polar surface area (TPSA) is 30.2 Å². The van der Waals surface area contributed by atoms with Gasteiger partial charge in [-0.05, 0) is 56.9 Å². The highest BCUT2D eigenvalue weighted by atomic mass is 16.4. The lowest BCUT2D eigenvalue weighted by Crippen LogP contribution is -2.35. The molecule has 0 radical (unpaired) electrons. The maximum absolute atomic E-state index is 12.8. The minimum absolute atomic E-state index is 0.108. The van der Waals surface area contributed by atoms with Gasteiger partial charge in [0.25, 0.3) is 0 Å². The van der Waals surface area contributed by atoms with E-state index in [0.29, 0.717) is 17.1 Å². The summed E-state index contributed by atoms with van der Waals surface area (Å²) in [6, 6.07) is 2.12. The average Bonchev–Trinajstić information content (AvgIpc) is 2.58. The van der Waals surface area contributed by atoms with E-state index in [9.17, 15) is 4.79 Å². The first-order valence-corrected chi connectivity index (χ1v) is 10.5. The zero-order valence-corrected chi connectivity index (χ0v) is 16.6. The Morgan fingerprint density at radius 1 is 1.12 bits per heavy atom. The molecule has 0 aliphatic heterocycles. The van der Waals surface area contributed by atoms with Crippen molar-refractivity contribution in [1.29, 1.82) is 0 Å². The van der Waals surface area contributed by atoms with Crippen molar-refractivity contribution in [3.63, 3.8) is 0 Å². The highest BCUT2D eigenvalue weighted by molar-refractivity contribution is 5.54. The Balaban J connectivity index is 2.00. The summed E-state index contributed by atoms with van der Waals surface area (Å²) < 4.78 is 5.68. The fraction of sp³-hybridized carbons (Fsp3) is 0.625. The maximum atomic E-state index is 12.8. The lowest BCUT2D eigenvalue weighted by atomic mass is 9.59. The molecule has 2 heteroatoms. The molecule has 0 saturated heterocycles. The first kappa shape index (κ1) is 19.2. The van der Waals surface area contributed by atoms with E-state index in [1.165, 1.54) is 64.2 Å². The summed E-state index contributed by atoms with van der Waals surface area (Å²) in [5.41, 5.74) is 3.17. The third-order valence-corrected chi connectivity index (χ3v) is 6.63. The summed E-state index contributed by atoms with van der Waals surface area (Å²) in [6.45, 7) is 7.81. The molecule has 0 N–H and O–H groups in total. The molecule has 2 fully saturated rings. The van der Waals surface area contributed by atoms with Crippen molar-refractivity contribution in [2.45, 2.75) is 90.4 Å². The van der Waals surface area contributed by atoms with Gasteiger partial charge < -0.3 is 4.42 Å². The average molecular weight is 355 g/mol. The minimum atomic E-state index is -0.108. The largest absolute Gasteiger partial charge is 0.427 e. The second kappa shape index (κ2) is 8.41. The Morgan fingerprint density at radius 2 is 1.73 bits per heavy atom. The van der Waals surface area contributed by atoms with Crippen LogP contribution in [-0.2, 0) is 0 Å². The molecule has 2 aliphatic carbocycles. The van der Waals surface area contributed by atoms with Crippen LogP contribution in [0, 0.1) is 12.3 Å². The van der Waals surface area contributed by atoms with E-state index in [1.807, 2.05) is 26.0 Å². The maximum Gasteiger partial charge on any atom is 0.339 e. The van der Waals surface area contributed by atoms with E-state index in [-0.39, 0.29) is 5.63 Å². The van der Waals surface area contributed by atoms with Crippen LogP contribution in [-0.4, -0.2) is 0 Å². The van der Waals surface area contributed by atoms with Gasteiger partial charge in [-0.2, -0.15) is 0 Å². The van der Waals surface area contributed by atoms with Gasteiger partial charge in [0.1, 0.15) is 5.76 Å². The number of hydrogen-bond acceptors (Lipinski definition) is 2. The summed E-state index contributed by atoms with van der Waals surface area (Å²) in [7, 11) is 0. The summed E-state index contributed by atoms with van der Waals surface area (Å²) in [4.78, 5) is 12.8. The predicted molar refractivity (Wildman–Crippen MR) is 110 cm³/mol. The van der Waals surface area contributed by atoms with Crippen LogP contribution < -0.4 is 5.63 Å². The van der Waals surface area contributed by atoms with E-state index in [2.05, 4.69) is 12.6 Å². The van der Waals surface area contributed by atoms with E-state index in [4.69, 9.17) is 4.42 Å². The van der Waals surface area contributed by atoms with Crippen LogP contribution in [0.25, 0.3) is 6.08 Å². The van der Waals surface area contributed by atoms with Crippen LogP contribution in [0.2, 0.25) is 0 Å². The van der Waals surface area contributed by atoms with Gasteiger partial charge >= 0.3 is 5.63 Å². The quantitative estimate of drug-likeness (QED) is 0.551. The van der Waals surface area contributed by atoms with Crippen LogP contribution in [0.3, 0.4) is 0 Å². The number of rotatable bonds is 3. The van der Waals surface area contributed by atoms with Gasteiger partial charge in [0, 0.05) is 11.1 Å². The summed E-state index contributed by atoms with van der Waals surface area (Å²) in [5.74, 6) is 1.07. The molecule has 1 spiro atoms. The lowest BCUT2D eigenvalue weighted by Gasteiger charge is -2.45. The number of allylic oxidation sites excluding steroid dienone is 2. The second-order valence-electron chi connectivity index (χ2n) is 8.61. The zero-order chi connectivity index (χ0) is 18.6. The van der Waals surface area contributed by atoms with Crippen LogP contribution >= 0.6 is 0 Å². The normalized spacial score (nSPS) is 23.7. The molecule has 1 heterocycles. The van der Waals surface area contributed by atoms with Gasteiger partial charge in [-0.1, -0.05) is 69.2 Å². The smallest absolute Gasteiger partial charge is 0.339 e. The number of aryl methyl sites for hydroxylation is 1. The van der Waals surface area contributed by atoms with Crippen molar-refractivity contribution >= 4 is 6.08 Å². The van der Waals surface area contributed by atoms with E-state index < -0.39 is 0 Å². The molecule has 142 valence electrons. The Bertz CT molecular complexity index is 714. The standard InChI is InChI=1S/C24H34O2/c1-18(2)12-13-20-17-21(23(25)26-19(20)3)22-11-7-10-16-24(22)14-8-5-4-6-9-15-24/h12-13,17,22H,1,4-11,14-16H2,2-3H3.